The van der Waals surface area contributed by atoms with Gasteiger partial charge in [0.1, 0.15) is 0 Å². The Kier molecular flexibility index (Phi) is 7.40. The molecular weight excluding hydrogens is 465 g/mol. The number of carbonyl (C=O) groups is 2. The zero-order chi connectivity index (χ0) is 24.2. The van der Waals surface area contributed by atoms with E-state index in [9.17, 15) is 31.2 Å². The van der Waals surface area contributed by atoms with E-state index in [1.165, 1.54) is 35.5 Å². The fraction of sp³-hybridized carbons (Fsp3) is 0.333. The molecule has 12 heteroatoms. The molecule has 2 aromatic carbocycles. The normalized spacial score (nSPS) is 16.1. The fourth-order valence-electron chi connectivity index (χ4n) is 2.97. The summed E-state index contributed by atoms with van der Waals surface area (Å²) in [6, 6.07) is 8.90. The first-order valence-electron chi connectivity index (χ1n) is 9.85. The van der Waals surface area contributed by atoms with Crippen molar-refractivity contribution >= 4 is 27.6 Å². The molecule has 1 amide bonds. The molecule has 1 aliphatic rings. The Labute approximate surface area is 188 Å². The summed E-state index contributed by atoms with van der Waals surface area (Å²) in [6.45, 7) is 2.37. The molecular formula is C21H21F3N2O6S. The molecule has 0 saturated carbocycles. The molecule has 0 spiro atoms. The van der Waals surface area contributed by atoms with E-state index in [4.69, 9.17) is 9.47 Å². The van der Waals surface area contributed by atoms with Crippen molar-refractivity contribution in [3.8, 4) is 0 Å². The largest absolute Gasteiger partial charge is 0.449 e. The first-order valence-corrected chi connectivity index (χ1v) is 11.3. The number of carbonyl (C=O) groups excluding carboxylic acids is 2. The number of rotatable bonds is 6. The number of sulfonamides is 1. The van der Waals surface area contributed by atoms with Gasteiger partial charge < -0.3 is 14.8 Å². The van der Waals surface area contributed by atoms with E-state index in [1.54, 1.807) is 0 Å². The number of anilines is 1. The van der Waals surface area contributed by atoms with E-state index in [-0.39, 0.29) is 29.2 Å². The Morgan fingerprint density at radius 3 is 2.15 bits per heavy atom. The highest BCUT2D eigenvalue weighted by Crippen LogP contribution is 2.29. The lowest BCUT2D eigenvalue weighted by molar-refractivity contribution is -0.137. The topological polar surface area (TPSA) is 102 Å². The molecule has 33 heavy (non-hydrogen) atoms. The van der Waals surface area contributed by atoms with Crippen LogP contribution in [-0.2, 0) is 30.5 Å². The number of nitrogens with zero attached hydrogens (tertiary/aromatic N) is 1. The van der Waals surface area contributed by atoms with Crippen LogP contribution in [0.1, 0.15) is 22.8 Å². The zero-order valence-corrected chi connectivity index (χ0v) is 18.3. The number of nitrogens with one attached hydrogen (secondary N) is 1. The number of amides is 1. The highest BCUT2D eigenvalue weighted by atomic mass is 32.2. The van der Waals surface area contributed by atoms with Crippen molar-refractivity contribution in [1.82, 2.24) is 4.31 Å². The van der Waals surface area contributed by atoms with E-state index in [1.807, 2.05) is 0 Å². The number of hydrogen-bond acceptors (Lipinski definition) is 6. The summed E-state index contributed by atoms with van der Waals surface area (Å²) in [5.74, 6) is -1.60. The molecule has 1 fully saturated rings. The SMILES string of the molecule is CC(OC(=O)c1ccc(S(=O)(=O)N2CCOCC2)cc1)C(=O)Nc1ccc(C(F)(F)F)cc1. The van der Waals surface area contributed by atoms with Gasteiger partial charge in [-0.15, -0.1) is 0 Å². The molecule has 178 valence electrons. The van der Waals surface area contributed by atoms with Crippen molar-refractivity contribution in [3.05, 3.63) is 59.7 Å². The minimum atomic E-state index is -4.50. The summed E-state index contributed by atoms with van der Waals surface area (Å²) in [5, 5.41) is 2.36. The van der Waals surface area contributed by atoms with Gasteiger partial charge in [-0.25, -0.2) is 13.2 Å². The van der Waals surface area contributed by atoms with Crippen molar-refractivity contribution < 1.29 is 40.7 Å². The number of esters is 1. The average Bonchev–Trinajstić information content (AvgIpc) is 2.79. The molecule has 3 rings (SSSR count). The van der Waals surface area contributed by atoms with E-state index < -0.39 is 39.7 Å². The van der Waals surface area contributed by atoms with Crippen LogP contribution in [-0.4, -0.2) is 57.0 Å². The second-order valence-electron chi connectivity index (χ2n) is 7.15. The maximum Gasteiger partial charge on any atom is 0.416 e. The third-order valence-electron chi connectivity index (χ3n) is 4.83. The van der Waals surface area contributed by atoms with Crippen LogP contribution in [0.25, 0.3) is 0 Å². The first-order chi connectivity index (χ1) is 15.5. The predicted molar refractivity (Wildman–Crippen MR) is 111 cm³/mol. The predicted octanol–water partition coefficient (Wildman–Crippen LogP) is 2.91. The second-order valence-corrected chi connectivity index (χ2v) is 9.09. The van der Waals surface area contributed by atoms with E-state index in [0.717, 1.165) is 24.3 Å². The molecule has 0 bridgehead atoms. The molecule has 1 heterocycles. The molecule has 8 nitrogen and oxygen atoms in total. The Balaban J connectivity index is 1.59. The van der Waals surface area contributed by atoms with Crippen LogP contribution in [0.15, 0.2) is 53.4 Å². The van der Waals surface area contributed by atoms with Gasteiger partial charge in [-0.1, -0.05) is 0 Å². The van der Waals surface area contributed by atoms with Crippen molar-refractivity contribution in [2.75, 3.05) is 31.6 Å². The molecule has 0 aliphatic carbocycles. The van der Waals surface area contributed by atoms with Crippen LogP contribution in [0.3, 0.4) is 0 Å². The zero-order valence-electron chi connectivity index (χ0n) is 17.5. The van der Waals surface area contributed by atoms with E-state index in [0.29, 0.717) is 13.2 Å². The van der Waals surface area contributed by atoms with Crippen LogP contribution < -0.4 is 5.32 Å². The maximum absolute atomic E-state index is 12.6. The minimum absolute atomic E-state index is 0.00838. The average molecular weight is 486 g/mol. The molecule has 0 radical (unpaired) electrons. The molecule has 1 saturated heterocycles. The van der Waals surface area contributed by atoms with Gasteiger partial charge in [0, 0.05) is 18.8 Å². The quantitative estimate of drug-likeness (QED) is 0.630. The molecule has 2 aromatic rings. The number of alkyl halides is 3. The van der Waals surface area contributed by atoms with Gasteiger partial charge >= 0.3 is 12.1 Å². The monoisotopic (exact) mass is 486 g/mol. The van der Waals surface area contributed by atoms with Gasteiger partial charge in [0.25, 0.3) is 5.91 Å². The summed E-state index contributed by atoms with van der Waals surface area (Å²) < 4.78 is 74.6. The van der Waals surface area contributed by atoms with Gasteiger partial charge in [-0.3, -0.25) is 4.79 Å². The highest BCUT2D eigenvalue weighted by Gasteiger charge is 2.30. The van der Waals surface area contributed by atoms with Gasteiger partial charge in [-0.2, -0.15) is 17.5 Å². The third kappa shape index (κ3) is 6.09. The number of halogens is 3. The Bertz CT molecular complexity index is 1100. The number of hydrogen-bond donors (Lipinski definition) is 1. The van der Waals surface area contributed by atoms with Crippen LogP contribution in [0.5, 0.6) is 0 Å². The highest BCUT2D eigenvalue weighted by molar-refractivity contribution is 7.89. The smallest absolute Gasteiger partial charge is 0.416 e. The second kappa shape index (κ2) is 9.89. The fourth-order valence-corrected chi connectivity index (χ4v) is 4.38. The van der Waals surface area contributed by atoms with Crippen LogP contribution >= 0.6 is 0 Å². The first kappa shape index (κ1) is 24.7. The lowest BCUT2D eigenvalue weighted by Gasteiger charge is -2.26. The number of ether oxygens (including phenoxy) is 2. The maximum atomic E-state index is 12.6. The summed E-state index contributed by atoms with van der Waals surface area (Å²) in [7, 11) is -3.72. The summed E-state index contributed by atoms with van der Waals surface area (Å²) in [4.78, 5) is 24.6. The van der Waals surface area contributed by atoms with Gasteiger partial charge in [-0.05, 0) is 55.5 Å². The van der Waals surface area contributed by atoms with Gasteiger partial charge in [0.2, 0.25) is 10.0 Å². The van der Waals surface area contributed by atoms with E-state index in [2.05, 4.69) is 5.32 Å². The molecule has 0 aromatic heterocycles. The third-order valence-corrected chi connectivity index (χ3v) is 6.74. The molecule has 1 unspecified atom stereocenters. The van der Waals surface area contributed by atoms with Gasteiger partial charge in [0.15, 0.2) is 6.10 Å². The standard InChI is InChI=1S/C21H21F3N2O6S/c1-14(19(27)25-17-6-4-16(5-7-17)21(22,23)24)32-20(28)15-2-8-18(9-3-15)33(29,30)26-10-12-31-13-11-26/h2-9,14H,10-13H2,1H3,(H,25,27). The summed E-state index contributed by atoms with van der Waals surface area (Å²) in [6.07, 6.45) is -5.75. The minimum Gasteiger partial charge on any atom is -0.449 e. The van der Waals surface area contributed by atoms with Crippen molar-refractivity contribution in [1.29, 1.82) is 0 Å². The Morgan fingerprint density at radius 2 is 1.61 bits per heavy atom. The van der Waals surface area contributed by atoms with Crippen LogP contribution in [0.2, 0.25) is 0 Å². The number of morpholine rings is 1. The van der Waals surface area contributed by atoms with Crippen LogP contribution in [0, 0.1) is 0 Å². The Hall–Kier alpha value is -2.96. The molecule has 1 N–H and O–H groups in total. The summed E-state index contributed by atoms with van der Waals surface area (Å²) >= 11 is 0. The number of benzene rings is 2. The summed E-state index contributed by atoms with van der Waals surface area (Å²) in [5.41, 5.74) is -0.724. The van der Waals surface area contributed by atoms with Gasteiger partial charge in [0.05, 0.1) is 29.2 Å². The van der Waals surface area contributed by atoms with Crippen molar-refractivity contribution in [3.63, 3.8) is 0 Å². The molecule has 1 atom stereocenters. The van der Waals surface area contributed by atoms with Crippen LogP contribution in [0.4, 0.5) is 18.9 Å². The Morgan fingerprint density at radius 1 is 1.03 bits per heavy atom. The van der Waals surface area contributed by atoms with E-state index >= 15 is 0 Å². The van der Waals surface area contributed by atoms with Crippen molar-refractivity contribution in [2.45, 2.75) is 24.1 Å². The van der Waals surface area contributed by atoms with Crippen molar-refractivity contribution in [2.24, 2.45) is 0 Å². The molecule has 1 aliphatic heterocycles. The lowest BCUT2D eigenvalue weighted by atomic mass is 10.2. The lowest BCUT2D eigenvalue weighted by Crippen LogP contribution is -2.40.